The first-order valence-corrected chi connectivity index (χ1v) is 3.96. The van der Waals surface area contributed by atoms with E-state index in [4.69, 9.17) is 11.5 Å². The van der Waals surface area contributed by atoms with Crippen molar-refractivity contribution >= 4 is 5.91 Å². The summed E-state index contributed by atoms with van der Waals surface area (Å²) in [6, 6.07) is 0.669. The highest BCUT2D eigenvalue weighted by molar-refractivity contribution is 5.74. The molecule has 1 saturated carbocycles. The van der Waals surface area contributed by atoms with Crippen LogP contribution >= 0.6 is 0 Å². The van der Waals surface area contributed by atoms with Crippen LogP contribution in [0.3, 0.4) is 0 Å². The summed E-state index contributed by atoms with van der Waals surface area (Å²) in [5.74, 6) is -0.284. The predicted molar refractivity (Wildman–Crippen MR) is 42.8 cm³/mol. The van der Waals surface area contributed by atoms with Gasteiger partial charge in [0.15, 0.2) is 0 Å². The molecule has 11 heavy (non-hydrogen) atoms. The number of carbonyl (C=O) groups excluding carboxylic acids is 1. The maximum Gasteiger partial charge on any atom is 0.219 e. The lowest BCUT2D eigenvalue weighted by Gasteiger charge is -2.13. The van der Waals surface area contributed by atoms with Gasteiger partial charge in [0.05, 0.1) is 0 Å². The molecule has 0 aliphatic heterocycles. The molecule has 0 aromatic heterocycles. The minimum Gasteiger partial charge on any atom is -0.370 e. The largest absolute Gasteiger partial charge is 0.370 e. The summed E-state index contributed by atoms with van der Waals surface area (Å²) in [5, 5.41) is 3.25. The van der Waals surface area contributed by atoms with Gasteiger partial charge in [-0.3, -0.25) is 4.79 Å². The van der Waals surface area contributed by atoms with Crippen LogP contribution in [0.1, 0.15) is 19.3 Å². The molecular formula is C7H15N3O. The van der Waals surface area contributed by atoms with E-state index < -0.39 is 0 Å². The van der Waals surface area contributed by atoms with E-state index >= 15 is 0 Å². The van der Waals surface area contributed by atoms with Gasteiger partial charge < -0.3 is 16.8 Å². The lowest BCUT2D eigenvalue weighted by molar-refractivity contribution is -0.118. The Balaban J connectivity index is 2.17. The molecule has 0 heterocycles. The Morgan fingerprint density at radius 2 is 2.27 bits per heavy atom. The normalized spacial score (nSPS) is 19.7. The lowest BCUT2D eigenvalue weighted by atomic mass is 10.2. The second-order valence-electron chi connectivity index (χ2n) is 3.04. The van der Waals surface area contributed by atoms with Gasteiger partial charge in [-0.15, -0.1) is 0 Å². The van der Waals surface area contributed by atoms with E-state index in [0.717, 1.165) is 0 Å². The van der Waals surface area contributed by atoms with Crippen LogP contribution in [0, 0.1) is 0 Å². The Morgan fingerprint density at radius 1 is 1.64 bits per heavy atom. The fraction of sp³-hybridized carbons (Fsp3) is 0.857. The molecule has 0 spiro atoms. The van der Waals surface area contributed by atoms with E-state index in [1.807, 2.05) is 0 Å². The molecule has 1 atom stereocenters. The molecule has 0 aromatic carbocycles. The summed E-state index contributed by atoms with van der Waals surface area (Å²) < 4.78 is 0. The molecule has 0 saturated heterocycles. The first-order chi connectivity index (χ1) is 5.22. The first kappa shape index (κ1) is 8.49. The fourth-order valence-corrected chi connectivity index (χ4v) is 1.04. The number of primary amides is 1. The van der Waals surface area contributed by atoms with Crippen LogP contribution in [-0.4, -0.2) is 24.5 Å². The fourth-order valence-electron chi connectivity index (χ4n) is 1.04. The van der Waals surface area contributed by atoms with Crippen LogP contribution in [0.4, 0.5) is 0 Å². The maximum absolute atomic E-state index is 10.5. The zero-order valence-electron chi connectivity index (χ0n) is 6.55. The van der Waals surface area contributed by atoms with Crippen molar-refractivity contribution in [3.8, 4) is 0 Å². The van der Waals surface area contributed by atoms with Crippen LogP contribution in [0.2, 0.25) is 0 Å². The number of nitrogens with one attached hydrogen (secondary N) is 1. The minimum atomic E-state index is -0.284. The van der Waals surface area contributed by atoms with Crippen LogP contribution in [0.25, 0.3) is 0 Å². The third kappa shape index (κ3) is 3.34. The molecular weight excluding hydrogens is 142 g/mol. The van der Waals surface area contributed by atoms with E-state index in [2.05, 4.69) is 5.32 Å². The van der Waals surface area contributed by atoms with Crippen molar-refractivity contribution in [3.63, 3.8) is 0 Å². The van der Waals surface area contributed by atoms with Crippen LogP contribution < -0.4 is 16.8 Å². The van der Waals surface area contributed by atoms with E-state index in [1.54, 1.807) is 0 Å². The highest BCUT2D eigenvalue weighted by atomic mass is 16.1. The predicted octanol–water partition coefficient (Wildman–Crippen LogP) is -1.06. The van der Waals surface area contributed by atoms with E-state index in [1.165, 1.54) is 12.8 Å². The van der Waals surface area contributed by atoms with E-state index in [0.29, 0.717) is 19.0 Å². The number of amides is 1. The number of rotatable bonds is 5. The molecule has 1 aliphatic rings. The minimum absolute atomic E-state index is 0.0833. The van der Waals surface area contributed by atoms with Gasteiger partial charge in [0, 0.05) is 25.0 Å². The van der Waals surface area contributed by atoms with Gasteiger partial charge in [-0.1, -0.05) is 0 Å². The molecule has 0 radical (unpaired) electrons. The number of carbonyl (C=O) groups is 1. The zero-order valence-corrected chi connectivity index (χ0v) is 6.55. The highest BCUT2D eigenvalue weighted by Crippen LogP contribution is 2.19. The molecule has 4 heteroatoms. The molecule has 1 fully saturated rings. The molecule has 4 nitrogen and oxygen atoms in total. The summed E-state index contributed by atoms with van der Waals surface area (Å²) in [7, 11) is 0. The SMILES string of the molecule is NCC(CC(N)=O)NC1CC1. The summed E-state index contributed by atoms with van der Waals surface area (Å²) in [6.45, 7) is 0.486. The Kier molecular flexibility index (Phi) is 2.84. The molecule has 0 bridgehead atoms. The second-order valence-corrected chi connectivity index (χ2v) is 3.04. The van der Waals surface area contributed by atoms with Gasteiger partial charge >= 0.3 is 0 Å². The van der Waals surface area contributed by atoms with Gasteiger partial charge in [-0.05, 0) is 12.8 Å². The van der Waals surface area contributed by atoms with Crippen molar-refractivity contribution in [1.82, 2.24) is 5.32 Å². The number of hydrogen-bond donors (Lipinski definition) is 3. The molecule has 1 amide bonds. The summed E-state index contributed by atoms with van der Waals surface area (Å²) >= 11 is 0. The van der Waals surface area contributed by atoms with Crippen LogP contribution in [0.5, 0.6) is 0 Å². The monoisotopic (exact) mass is 157 g/mol. The molecule has 1 rings (SSSR count). The average Bonchev–Trinajstić information content (AvgIpc) is 2.69. The van der Waals surface area contributed by atoms with Gasteiger partial charge in [0.1, 0.15) is 0 Å². The maximum atomic E-state index is 10.5. The zero-order chi connectivity index (χ0) is 8.27. The molecule has 5 N–H and O–H groups in total. The molecule has 1 unspecified atom stereocenters. The topological polar surface area (TPSA) is 81.1 Å². The summed E-state index contributed by atoms with van der Waals surface area (Å²) in [6.07, 6.45) is 2.76. The first-order valence-electron chi connectivity index (χ1n) is 3.96. The van der Waals surface area contributed by atoms with Gasteiger partial charge in [0.2, 0.25) is 5.91 Å². The Labute approximate surface area is 66.3 Å². The van der Waals surface area contributed by atoms with Crippen molar-refractivity contribution in [2.24, 2.45) is 11.5 Å². The highest BCUT2D eigenvalue weighted by Gasteiger charge is 2.24. The van der Waals surface area contributed by atoms with Gasteiger partial charge in [-0.25, -0.2) is 0 Å². The van der Waals surface area contributed by atoms with Crippen molar-refractivity contribution < 1.29 is 4.79 Å². The van der Waals surface area contributed by atoms with Crippen molar-refractivity contribution in [3.05, 3.63) is 0 Å². The van der Waals surface area contributed by atoms with Crippen LogP contribution in [0.15, 0.2) is 0 Å². The molecule has 0 aromatic rings. The molecule has 64 valence electrons. The van der Waals surface area contributed by atoms with Crippen LogP contribution in [-0.2, 0) is 4.79 Å². The van der Waals surface area contributed by atoms with Gasteiger partial charge in [0.25, 0.3) is 0 Å². The standard InChI is InChI=1S/C7H15N3O/c8-4-6(3-7(9)11)10-5-1-2-5/h5-6,10H,1-4,8H2,(H2,9,11). The second kappa shape index (κ2) is 3.69. The lowest BCUT2D eigenvalue weighted by Crippen LogP contribution is -2.40. The van der Waals surface area contributed by atoms with Crippen molar-refractivity contribution in [2.45, 2.75) is 31.3 Å². The van der Waals surface area contributed by atoms with Crippen molar-refractivity contribution in [1.29, 1.82) is 0 Å². The van der Waals surface area contributed by atoms with E-state index in [9.17, 15) is 4.79 Å². The average molecular weight is 157 g/mol. The third-order valence-corrected chi connectivity index (χ3v) is 1.78. The molecule has 1 aliphatic carbocycles. The quantitative estimate of drug-likeness (QED) is 0.476. The Hall–Kier alpha value is -0.610. The van der Waals surface area contributed by atoms with Gasteiger partial charge in [-0.2, -0.15) is 0 Å². The third-order valence-electron chi connectivity index (χ3n) is 1.78. The Bertz CT molecular complexity index is 145. The Morgan fingerprint density at radius 3 is 2.64 bits per heavy atom. The number of nitrogens with two attached hydrogens (primary N) is 2. The smallest absolute Gasteiger partial charge is 0.219 e. The summed E-state index contributed by atoms with van der Waals surface area (Å²) in [4.78, 5) is 10.5. The number of hydrogen-bond acceptors (Lipinski definition) is 3. The summed E-state index contributed by atoms with van der Waals surface area (Å²) in [5.41, 5.74) is 10.5. The van der Waals surface area contributed by atoms with Crippen molar-refractivity contribution in [2.75, 3.05) is 6.54 Å². The van der Waals surface area contributed by atoms with E-state index in [-0.39, 0.29) is 11.9 Å².